The highest BCUT2D eigenvalue weighted by molar-refractivity contribution is 5.46. The smallest absolute Gasteiger partial charge is 0.170 e. The second-order valence-corrected chi connectivity index (χ2v) is 6.74. The minimum absolute atomic E-state index is 0.475. The summed E-state index contributed by atoms with van der Waals surface area (Å²) >= 11 is 0. The first-order chi connectivity index (χ1) is 12.2. The van der Waals surface area contributed by atoms with E-state index < -0.39 is 0 Å². The molecule has 7 nitrogen and oxygen atoms in total. The van der Waals surface area contributed by atoms with Gasteiger partial charge in [-0.25, -0.2) is 0 Å². The second kappa shape index (κ2) is 6.76. The molecule has 0 spiro atoms. The second-order valence-electron chi connectivity index (χ2n) is 6.74. The fourth-order valence-corrected chi connectivity index (χ4v) is 3.73. The summed E-state index contributed by atoms with van der Waals surface area (Å²) in [4.78, 5) is 2.47. The Morgan fingerprint density at radius 1 is 1.16 bits per heavy atom. The Morgan fingerprint density at radius 3 is 2.76 bits per heavy atom. The van der Waals surface area contributed by atoms with Gasteiger partial charge in [0.25, 0.3) is 0 Å². The number of hydrogen-bond acceptors (Lipinski definition) is 5. The number of tetrazole rings is 1. The third kappa shape index (κ3) is 3.19. The van der Waals surface area contributed by atoms with Crippen LogP contribution in [-0.2, 0) is 13.1 Å². The average Bonchev–Trinajstić information content (AvgIpc) is 3.32. The van der Waals surface area contributed by atoms with Crippen LogP contribution in [0.25, 0.3) is 5.69 Å². The lowest BCUT2D eigenvalue weighted by molar-refractivity contribution is 0.212. The molecule has 130 valence electrons. The number of likely N-dealkylation sites (tertiary alicyclic amines) is 1. The Kier molecular flexibility index (Phi) is 4.31. The topological polar surface area (TPSA) is 64.7 Å². The maximum Gasteiger partial charge on any atom is 0.170 e. The van der Waals surface area contributed by atoms with Crippen molar-refractivity contribution >= 4 is 0 Å². The van der Waals surface area contributed by atoms with Crippen LogP contribution in [-0.4, -0.2) is 47.5 Å². The minimum atomic E-state index is 0.475. The molecule has 0 N–H and O–H groups in total. The van der Waals surface area contributed by atoms with Crippen LogP contribution in [0.4, 0.5) is 0 Å². The summed E-state index contributed by atoms with van der Waals surface area (Å²) < 4.78 is 3.91. The molecular formula is C18H23N7. The number of aromatic nitrogens is 6. The minimum Gasteiger partial charge on any atom is -0.291 e. The van der Waals surface area contributed by atoms with Crippen LogP contribution in [0.5, 0.6) is 0 Å². The van der Waals surface area contributed by atoms with Gasteiger partial charge in [0.15, 0.2) is 5.82 Å². The van der Waals surface area contributed by atoms with Crippen LogP contribution in [0.15, 0.2) is 36.7 Å². The van der Waals surface area contributed by atoms with Gasteiger partial charge in [0, 0.05) is 18.4 Å². The van der Waals surface area contributed by atoms with Crippen molar-refractivity contribution in [2.45, 2.75) is 45.8 Å². The van der Waals surface area contributed by atoms with Crippen molar-refractivity contribution < 1.29 is 0 Å². The lowest BCUT2D eigenvalue weighted by Crippen LogP contribution is -2.33. The Morgan fingerprint density at radius 2 is 2.00 bits per heavy atom. The van der Waals surface area contributed by atoms with Crippen molar-refractivity contribution in [3.8, 4) is 5.69 Å². The van der Waals surface area contributed by atoms with E-state index in [2.05, 4.69) is 57.6 Å². The van der Waals surface area contributed by atoms with E-state index in [1.54, 1.807) is 0 Å². The molecule has 0 bridgehead atoms. The summed E-state index contributed by atoms with van der Waals surface area (Å²) in [6.07, 6.45) is 6.25. The van der Waals surface area contributed by atoms with Crippen molar-refractivity contribution in [2.75, 3.05) is 6.54 Å². The first-order valence-corrected chi connectivity index (χ1v) is 8.77. The van der Waals surface area contributed by atoms with Crippen LogP contribution in [0.2, 0.25) is 0 Å². The third-order valence-electron chi connectivity index (χ3n) is 4.99. The molecule has 0 radical (unpaired) electrons. The van der Waals surface area contributed by atoms with E-state index in [0.29, 0.717) is 6.04 Å². The highest BCUT2D eigenvalue weighted by Crippen LogP contribution is 2.23. The number of para-hydroxylation sites is 1. The molecule has 25 heavy (non-hydrogen) atoms. The molecule has 1 fully saturated rings. The molecule has 7 heteroatoms. The van der Waals surface area contributed by atoms with Gasteiger partial charge in [-0.3, -0.25) is 9.58 Å². The van der Waals surface area contributed by atoms with Gasteiger partial charge in [0.2, 0.25) is 0 Å². The highest BCUT2D eigenvalue weighted by atomic mass is 15.6. The van der Waals surface area contributed by atoms with Gasteiger partial charge >= 0.3 is 0 Å². The monoisotopic (exact) mass is 337 g/mol. The standard InChI is InChI=1S/C18H23N7/c1-14-6-3-7-15(2)18(14)25-17(20-21-22-25)13-23-10-4-8-16(23)12-24-11-5-9-19-24/h3,5-7,9,11,16H,4,8,10,12-13H2,1-2H3/t16-/m1/s1. The van der Waals surface area contributed by atoms with Crippen molar-refractivity contribution in [3.05, 3.63) is 53.6 Å². The SMILES string of the molecule is Cc1cccc(C)c1-n1nnnc1CN1CCC[C@@H]1Cn1cccn1. The van der Waals surface area contributed by atoms with E-state index in [9.17, 15) is 0 Å². The van der Waals surface area contributed by atoms with Crippen LogP contribution in [0.3, 0.4) is 0 Å². The summed E-state index contributed by atoms with van der Waals surface area (Å²) in [7, 11) is 0. The molecule has 4 rings (SSSR count). The molecule has 1 aliphatic heterocycles. The summed E-state index contributed by atoms with van der Waals surface area (Å²) in [5.74, 6) is 0.893. The average molecular weight is 337 g/mol. The number of hydrogen-bond donors (Lipinski definition) is 0. The Balaban J connectivity index is 1.56. The molecule has 2 aromatic heterocycles. The summed E-state index contributed by atoms with van der Waals surface area (Å²) in [6.45, 7) is 6.95. The van der Waals surface area contributed by atoms with Gasteiger partial charge in [-0.15, -0.1) is 5.10 Å². The normalized spacial score (nSPS) is 18.1. The molecule has 0 unspecified atom stereocenters. The van der Waals surface area contributed by atoms with Crippen molar-refractivity contribution in [3.63, 3.8) is 0 Å². The summed E-state index contributed by atoms with van der Waals surface area (Å²) in [5.41, 5.74) is 3.46. The van der Waals surface area contributed by atoms with Crippen LogP contribution >= 0.6 is 0 Å². The predicted molar refractivity (Wildman–Crippen MR) is 94.3 cm³/mol. The first kappa shape index (κ1) is 16.0. The maximum absolute atomic E-state index is 4.34. The predicted octanol–water partition coefficient (Wildman–Crippen LogP) is 2.14. The lowest BCUT2D eigenvalue weighted by atomic mass is 10.1. The van der Waals surface area contributed by atoms with Crippen LogP contribution < -0.4 is 0 Å². The van der Waals surface area contributed by atoms with Crippen molar-refractivity contribution in [1.29, 1.82) is 0 Å². The summed E-state index contributed by atoms with van der Waals surface area (Å²) in [6, 6.07) is 8.72. The number of aryl methyl sites for hydroxylation is 2. The van der Waals surface area contributed by atoms with Gasteiger partial charge < -0.3 is 0 Å². The van der Waals surface area contributed by atoms with Gasteiger partial charge in [-0.1, -0.05) is 18.2 Å². The third-order valence-corrected chi connectivity index (χ3v) is 4.99. The van der Waals surface area contributed by atoms with Crippen molar-refractivity contribution in [1.82, 2.24) is 34.9 Å². The van der Waals surface area contributed by atoms with Gasteiger partial charge in [0.05, 0.1) is 18.8 Å². The van der Waals surface area contributed by atoms with Crippen LogP contribution in [0, 0.1) is 13.8 Å². The Bertz CT molecular complexity index is 817. The zero-order chi connectivity index (χ0) is 17.2. The zero-order valence-corrected chi connectivity index (χ0v) is 14.7. The molecule has 1 atom stereocenters. The van der Waals surface area contributed by atoms with Crippen LogP contribution in [0.1, 0.15) is 29.8 Å². The quantitative estimate of drug-likeness (QED) is 0.714. The number of benzene rings is 1. The molecule has 3 heterocycles. The maximum atomic E-state index is 4.34. The van der Waals surface area contributed by atoms with E-state index in [0.717, 1.165) is 31.1 Å². The van der Waals surface area contributed by atoms with Gasteiger partial charge in [-0.05, 0) is 60.9 Å². The molecule has 0 aliphatic carbocycles. The molecule has 3 aromatic rings. The van der Waals surface area contributed by atoms with E-state index in [-0.39, 0.29) is 0 Å². The largest absolute Gasteiger partial charge is 0.291 e. The van der Waals surface area contributed by atoms with E-state index >= 15 is 0 Å². The number of nitrogens with zero attached hydrogens (tertiary/aromatic N) is 7. The van der Waals surface area contributed by atoms with E-state index in [1.165, 1.54) is 24.0 Å². The first-order valence-electron chi connectivity index (χ1n) is 8.77. The van der Waals surface area contributed by atoms with E-state index in [4.69, 9.17) is 0 Å². The fraction of sp³-hybridized carbons (Fsp3) is 0.444. The Labute approximate surface area is 147 Å². The fourth-order valence-electron chi connectivity index (χ4n) is 3.73. The zero-order valence-electron chi connectivity index (χ0n) is 14.7. The van der Waals surface area contributed by atoms with Gasteiger partial charge in [-0.2, -0.15) is 9.78 Å². The Hall–Kier alpha value is -2.54. The van der Waals surface area contributed by atoms with Gasteiger partial charge in [0.1, 0.15) is 0 Å². The molecule has 0 amide bonds. The number of rotatable bonds is 5. The highest BCUT2D eigenvalue weighted by Gasteiger charge is 2.27. The molecule has 1 aliphatic rings. The molecule has 1 aromatic carbocycles. The molecular weight excluding hydrogens is 314 g/mol. The molecule has 0 saturated carbocycles. The van der Waals surface area contributed by atoms with E-state index in [1.807, 2.05) is 27.8 Å². The molecule has 1 saturated heterocycles. The van der Waals surface area contributed by atoms with Crippen molar-refractivity contribution in [2.24, 2.45) is 0 Å². The summed E-state index contributed by atoms with van der Waals surface area (Å²) in [5, 5.41) is 16.9. The lowest BCUT2D eigenvalue weighted by Gasteiger charge is -2.24.